The van der Waals surface area contributed by atoms with Crippen molar-refractivity contribution in [1.29, 1.82) is 0 Å². The van der Waals surface area contributed by atoms with Crippen molar-refractivity contribution in [3.8, 4) is 5.75 Å². The summed E-state index contributed by atoms with van der Waals surface area (Å²) in [6.07, 6.45) is 0. The number of benzene rings is 2. The second kappa shape index (κ2) is 4.02. The topological polar surface area (TPSA) is 84.3 Å². The highest BCUT2D eigenvalue weighted by molar-refractivity contribution is 5.86. The predicted molar refractivity (Wildman–Crippen MR) is 66.7 cm³/mol. The zero-order valence-electron chi connectivity index (χ0n) is 8.64. The first-order valence-electron chi connectivity index (χ1n) is 4.87. The average Bonchev–Trinajstić information content (AvgIpc) is 2.31. The molecule has 0 aliphatic rings. The van der Waals surface area contributed by atoms with Crippen LogP contribution < -0.4 is 16.8 Å². The summed E-state index contributed by atoms with van der Waals surface area (Å²) in [5.41, 5.74) is 13.7. The second-order valence-electron chi connectivity index (χ2n) is 3.45. The molecule has 2 aromatic carbocycles. The second-order valence-corrected chi connectivity index (χ2v) is 3.45. The van der Waals surface area contributed by atoms with Gasteiger partial charge in [0.25, 0.3) is 0 Å². The Bertz CT molecular complexity index is 497. The molecule has 2 aromatic rings. The van der Waals surface area contributed by atoms with E-state index in [4.69, 9.17) is 11.5 Å². The zero-order valence-corrected chi connectivity index (χ0v) is 8.64. The van der Waals surface area contributed by atoms with Crippen molar-refractivity contribution in [2.24, 2.45) is 0 Å². The fourth-order valence-corrected chi connectivity index (χ4v) is 1.43. The molecule has 6 N–H and O–H groups in total. The van der Waals surface area contributed by atoms with E-state index in [0.29, 0.717) is 11.4 Å². The zero-order chi connectivity index (χ0) is 11.5. The highest BCUT2D eigenvalue weighted by Gasteiger charge is 2.08. The maximum absolute atomic E-state index is 9.48. The highest BCUT2D eigenvalue weighted by atomic mass is 16.3. The highest BCUT2D eigenvalue weighted by Crippen LogP contribution is 2.35. The summed E-state index contributed by atoms with van der Waals surface area (Å²) in [5, 5.41) is 12.6. The summed E-state index contributed by atoms with van der Waals surface area (Å²) < 4.78 is 0. The third kappa shape index (κ3) is 1.86. The van der Waals surface area contributed by atoms with Crippen LogP contribution in [-0.4, -0.2) is 5.11 Å². The lowest BCUT2D eigenvalue weighted by Crippen LogP contribution is -2.00. The lowest BCUT2D eigenvalue weighted by molar-refractivity contribution is 0.478. The van der Waals surface area contributed by atoms with Gasteiger partial charge in [-0.05, 0) is 24.3 Å². The minimum absolute atomic E-state index is 0.0210. The summed E-state index contributed by atoms with van der Waals surface area (Å²) in [6, 6.07) is 12.6. The van der Waals surface area contributed by atoms with Gasteiger partial charge in [0.2, 0.25) is 0 Å². The maximum Gasteiger partial charge on any atom is 0.140 e. The number of rotatable bonds is 2. The van der Waals surface area contributed by atoms with E-state index in [9.17, 15) is 5.11 Å². The van der Waals surface area contributed by atoms with Gasteiger partial charge in [0.05, 0.1) is 17.1 Å². The third-order valence-corrected chi connectivity index (χ3v) is 2.30. The lowest BCUT2D eigenvalue weighted by Gasteiger charge is -2.12. The van der Waals surface area contributed by atoms with Gasteiger partial charge in [0, 0.05) is 5.69 Å². The molecule has 16 heavy (non-hydrogen) atoms. The first kappa shape index (κ1) is 10.2. The van der Waals surface area contributed by atoms with Gasteiger partial charge in [-0.1, -0.05) is 18.2 Å². The first-order valence-corrected chi connectivity index (χ1v) is 4.87. The first-order chi connectivity index (χ1) is 7.68. The molecule has 82 valence electrons. The Morgan fingerprint density at radius 3 is 2.31 bits per heavy atom. The number of para-hydroxylation sites is 1. The quantitative estimate of drug-likeness (QED) is 0.352. The Labute approximate surface area is 93.5 Å². The smallest absolute Gasteiger partial charge is 0.140 e. The molecule has 0 unspecified atom stereocenters. The SMILES string of the molecule is Nc1ccc(O)c(N)c1Nc1ccccc1. The number of anilines is 4. The van der Waals surface area contributed by atoms with Crippen molar-refractivity contribution >= 4 is 22.7 Å². The molecule has 0 fully saturated rings. The van der Waals surface area contributed by atoms with Crippen molar-refractivity contribution in [1.82, 2.24) is 0 Å². The third-order valence-electron chi connectivity index (χ3n) is 2.30. The molecule has 0 aromatic heterocycles. The largest absolute Gasteiger partial charge is 0.506 e. The number of nitrogens with two attached hydrogens (primary N) is 2. The molecular weight excluding hydrogens is 202 g/mol. The molecule has 0 aliphatic heterocycles. The van der Waals surface area contributed by atoms with E-state index in [1.807, 2.05) is 30.3 Å². The summed E-state index contributed by atoms with van der Waals surface area (Å²) in [4.78, 5) is 0. The molecule has 0 spiro atoms. The molecule has 0 bridgehead atoms. The molecular formula is C12H13N3O. The lowest BCUT2D eigenvalue weighted by atomic mass is 10.2. The van der Waals surface area contributed by atoms with Gasteiger partial charge in [-0.15, -0.1) is 0 Å². The van der Waals surface area contributed by atoms with Gasteiger partial charge in [0.15, 0.2) is 0 Å². The Balaban J connectivity index is 2.38. The molecule has 0 aliphatic carbocycles. The van der Waals surface area contributed by atoms with Crippen LogP contribution in [0.3, 0.4) is 0 Å². The van der Waals surface area contributed by atoms with Gasteiger partial charge in [-0.2, -0.15) is 0 Å². The number of phenols is 1. The van der Waals surface area contributed by atoms with E-state index in [-0.39, 0.29) is 11.4 Å². The van der Waals surface area contributed by atoms with Crippen LogP contribution in [0.5, 0.6) is 5.75 Å². The molecule has 0 radical (unpaired) electrons. The number of phenolic OH excluding ortho intramolecular Hbond substituents is 1. The van der Waals surface area contributed by atoms with E-state index in [0.717, 1.165) is 5.69 Å². The Morgan fingerprint density at radius 1 is 0.938 bits per heavy atom. The Morgan fingerprint density at radius 2 is 1.62 bits per heavy atom. The fraction of sp³-hybridized carbons (Fsp3) is 0. The minimum Gasteiger partial charge on any atom is -0.506 e. The molecule has 0 heterocycles. The van der Waals surface area contributed by atoms with Crippen LogP contribution in [0, 0.1) is 0 Å². The molecule has 4 nitrogen and oxygen atoms in total. The number of nitrogen functional groups attached to an aromatic ring is 2. The van der Waals surface area contributed by atoms with Crippen molar-refractivity contribution in [2.45, 2.75) is 0 Å². The maximum atomic E-state index is 9.48. The molecule has 0 amide bonds. The number of hydrogen-bond donors (Lipinski definition) is 4. The van der Waals surface area contributed by atoms with Gasteiger partial charge >= 0.3 is 0 Å². The van der Waals surface area contributed by atoms with Crippen LogP contribution >= 0.6 is 0 Å². The standard InChI is InChI=1S/C12H13N3O/c13-9-6-7-10(16)11(14)12(9)15-8-4-2-1-3-5-8/h1-7,15-16H,13-14H2. The predicted octanol–water partition coefficient (Wildman–Crippen LogP) is 2.30. The Hall–Kier alpha value is -2.36. The van der Waals surface area contributed by atoms with E-state index in [1.54, 1.807) is 6.07 Å². The summed E-state index contributed by atoms with van der Waals surface area (Å²) in [5.74, 6) is 0.0210. The van der Waals surface area contributed by atoms with E-state index < -0.39 is 0 Å². The normalized spacial score (nSPS) is 10.0. The van der Waals surface area contributed by atoms with Gasteiger partial charge in [-0.3, -0.25) is 0 Å². The molecule has 2 rings (SSSR count). The van der Waals surface area contributed by atoms with Crippen LogP contribution in [-0.2, 0) is 0 Å². The van der Waals surface area contributed by atoms with Gasteiger partial charge in [-0.25, -0.2) is 0 Å². The Kier molecular flexibility index (Phi) is 2.55. The minimum atomic E-state index is 0.0210. The van der Waals surface area contributed by atoms with Crippen molar-refractivity contribution in [3.05, 3.63) is 42.5 Å². The summed E-state index contributed by atoms with van der Waals surface area (Å²) in [7, 11) is 0. The van der Waals surface area contributed by atoms with Gasteiger partial charge < -0.3 is 21.9 Å². The number of nitrogens with one attached hydrogen (secondary N) is 1. The fourth-order valence-electron chi connectivity index (χ4n) is 1.43. The van der Waals surface area contributed by atoms with Gasteiger partial charge in [0.1, 0.15) is 5.75 Å². The molecule has 4 heteroatoms. The monoisotopic (exact) mass is 215 g/mol. The summed E-state index contributed by atoms with van der Waals surface area (Å²) in [6.45, 7) is 0. The molecule has 0 saturated carbocycles. The molecule has 0 atom stereocenters. The van der Waals surface area contributed by atoms with Crippen molar-refractivity contribution < 1.29 is 5.11 Å². The summed E-state index contributed by atoms with van der Waals surface area (Å²) >= 11 is 0. The van der Waals surface area contributed by atoms with Crippen LogP contribution in [0.4, 0.5) is 22.7 Å². The van der Waals surface area contributed by atoms with Crippen molar-refractivity contribution in [3.63, 3.8) is 0 Å². The number of aromatic hydroxyl groups is 1. The van der Waals surface area contributed by atoms with Crippen LogP contribution in [0.2, 0.25) is 0 Å². The van der Waals surface area contributed by atoms with Crippen molar-refractivity contribution in [2.75, 3.05) is 16.8 Å². The van der Waals surface area contributed by atoms with E-state index in [1.165, 1.54) is 6.07 Å². The average molecular weight is 215 g/mol. The van der Waals surface area contributed by atoms with Crippen LogP contribution in [0.25, 0.3) is 0 Å². The van der Waals surface area contributed by atoms with Crippen LogP contribution in [0.15, 0.2) is 42.5 Å². The van der Waals surface area contributed by atoms with E-state index >= 15 is 0 Å². The molecule has 0 saturated heterocycles. The van der Waals surface area contributed by atoms with E-state index in [2.05, 4.69) is 5.32 Å². The van der Waals surface area contributed by atoms with Crippen LogP contribution in [0.1, 0.15) is 0 Å². The number of hydrogen-bond acceptors (Lipinski definition) is 4.